The quantitative estimate of drug-likeness (QED) is 0.540. The average Bonchev–Trinajstić information content (AvgIpc) is 2.86. The zero-order valence-electron chi connectivity index (χ0n) is 20.5. The van der Waals surface area contributed by atoms with Crippen molar-refractivity contribution in [2.24, 2.45) is 5.92 Å². The number of carbonyl (C=O) groups excluding carboxylic acids is 1. The van der Waals surface area contributed by atoms with Crippen molar-refractivity contribution in [3.05, 3.63) is 18.2 Å². The molecule has 0 atom stereocenters. The van der Waals surface area contributed by atoms with Crippen LogP contribution in [0.25, 0.3) is 0 Å². The van der Waals surface area contributed by atoms with Gasteiger partial charge in [-0.15, -0.1) is 0 Å². The van der Waals surface area contributed by atoms with Crippen molar-refractivity contribution < 1.29 is 22.7 Å². The summed E-state index contributed by atoms with van der Waals surface area (Å²) in [6, 6.07) is 5.25. The highest BCUT2D eigenvalue weighted by molar-refractivity contribution is 7.89. The van der Waals surface area contributed by atoms with Gasteiger partial charge in [-0.05, 0) is 44.9 Å². The highest BCUT2D eigenvalue weighted by Crippen LogP contribution is 2.32. The molecule has 0 unspecified atom stereocenters. The first kappa shape index (κ1) is 25.8. The van der Waals surface area contributed by atoms with Crippen LogP contribution in [0.1, 0.15) is 44.9 Å². The molecule has 1 amide bonds. The predicted octanol–water partition coefficient (Wildman–Crippen LogP) is 2.83. The minimum absolute atomic E-state index is 0.121. The molecule has 8 nitrogen and oxygen atoms in total. The summed E-state index contributed by atoms with van der Waals surface area (Å²) in [7, 11) is 3.36. The lowest BCUT2D eigenvalue weighted by atomic mass is 9.94. The first-order valence-corrected chi connectivity index (χ1v) is 13.4. The number of likely N-dealkylation sites (N-methyl/N-ethyl adjacent to an activating group) is 2. The monoisotopic (exact) mass is 481 g/mol. The molecule has 3 rings (SSSR count). The number of rotatable bonds is 9. The molecule has 1 aliphatic carbocycles. The number of hydrogen-bond acceptors (Lipinski definition) is 6. The van der Waals surface area contributed by atoms with E-state index >= 15 is 0 Å². The SMILES string of the molecule is COc1ccc(S(=O)(=O)N2CCC(C(=O)N(C)CCN(C)C3CCCCC3)CC2)cc1OC. The van der Waals surface area contributed by atoms with E-state index in [2.05, 4.69) is 11.9 Å². The number of benzene rings is 1. The lowest BCUT2D eigenvalue weighted by Gasteiger charge is -2.34. The topological polar surface area (TPSA) is 79.4 Å². The van der Waals surface area contributed by atoms with Gasteiger partial charge in [0.15, 0.2) is 11.5 Å². The van der Waals surface area contributed by atoms with E-state index < -0.39 is 10.0 Å². The van der Waals surface area contributed by atoms with Gasteiger partial charge in [-0.1, -0.05) is 19.3 Å². The summed E-state index contributed by atoms with van der Waals surface area (Å²) >= 11 is 0. The first-order chi connectivity index (χ1) is 15.8. The van der Waals surface area contributed by atoms with Crippen LogP contribution < -0.4 is 9.47 Å². The third-order valence-corrected chi connectivity index (χ3v) is 9.05. The average molecular weight is 482 g/mol. The second-order valence-corrected chi connectivity index (χ2v) is 11.2. The Morgan fingerprint density at radius 1 is 0.970 bits per heavy atom. The molecule has 0 N–H and O–H groups in total. The van der Waals surface area contributed by atoms with Gasteiger partial charge >= 0.3 is 0 Å². The highest BCUT2D eigenvalue weighted by atomic mass is 32.2. The number of sulfonamides is 1. The van der Waals surface area contributed by atoms with Gasteiger partial charge in [-0.3, -0.25) is 4.79 Å². The van der Waals surface area contributed by atoms with Crippen molar-refractivity contribution in [1.29, 1.82) is 0 Å². The Morgan fingerprint density at radius 2 is 1.61 bits per heavy atom. The van der Waals surface area contributed by atoms with Crippen LogP contribution in [0.2, 0.25) is 0 Å². The van der Waals surface area contributed by atoms with Crippen LogP contribution in [-0.2, 0) is 14.8 Å². The molecular weight excluding hydrogens is 442 g/mol. The number of methoxy groups -OCH3 is 2. The van der Waals surface area contributed by atoms with Crippen molar-refractivity contribution in [1.82, 2.24) is 14.1 Å². The third-order valence-electron chi connectivity index (χ3n) is 7.16. The molecule has 0 bridgehead atoms. The molecule has 2 fully saturated rings. The minimum atomic E-state index is -3.66. The Kier molecular flexibility index (Phi) is 9.01. The van der Waals surface area contributed by atoms with Crippen LogP contribution in [0.4, 0.5) is 0 Å². The number of piperidine rings is 1. The first-order valence-electron chi connectivity index (χ1n) is 11.9. The van der Waals surface area contributed by atoms with E-state index in [0.717, 1.165) is 6.54 Å². The zero-order chi connectivity index (χ0) is 24.0. The maximum atomic E-state index is 13.1. The van der Waals surface area contributed by atoms with Crippen LogP contribution >= 0.6 is 0 Å². The molecule has 1 aromatic rings. The largest absolute Gasteiger partial charge is 0.493 e. The van der Waals surface area contributed by atoms with Gasteiger partial charge in [0, 0.05) is 51.3 Å². The number of ether oxygens (including phenoxy) is 2. The summed E-state index contributed by atoms with van der Waals surface area (Å²) in [5.74, 6) is 0.850. The van der Waals surface area contributed by atoms with Gasteiger partial charge in [0.1, 0.15) is 0 Å². The fourth-order valence-electron chi connectivity index (χ4n) is 4.90. The minimum Gasteiger partial charge on any atom is -0.493 e. The molecule has 186 valence electrons. The normalized spacial score (nSPS) is 18.9. The maximum absolute atomic E-state index is 13.1. The Labute approximate surface area is 198 Å². The second kappa shape index (κ2) is 11.5. The lowest BCUT2D eigenvalue weighted by molar-refractivity contribution is -0.135. The van der Waals surface area contributed by atoms with Crippen LogP contribution in [0.15, 0.2) is 23.1 Å². The third kappa shape index (κ3) is 6.19. The zero-order valence-corrected chi connectivity index (χ0v) is 21.3. The summed E-state index contributed by atoms with van der Waals surface area (Å²) in [6.07, 6.45) is 7.51. The van der Waals surface area contributed by atoms with Crippen molar-refractivity contribution in [2.75, 3.05) is 54.5 Å². The van der Waals surface area contributed by atoms with Crippen LogP contribution in [0, 0.1) is 5.92 Å². The van der Waals surface area contributed by atoms with Gasteiger partial charge < -0.3 is 19.3 Å². The van der Waals surface area contributed by atoms with Crippen molar-refractivity contribution >= 4 is 15.9 Å². The van der Waals surface area contributed by atoms with E-state index in [-0.39, 0.29) is 16.7 Å². The van der Waals surface area contributed by atoms with E-state index in [1.54, 1.807) is 6.07 Å². The molecule has 9 heteroatoms. The molecular formula is C24H39N3O5S. The molecule has 2 aliphatic rings. The molecule has 0 spiro atoms. The fraction of sp³-hybridized carbons (Fsp3) is 0.708. The van der Waals surface area contributed by atoms with E-state index in [4.69, 9.17) is 9.47 Å². The lowest BCUT2D eigenvalue weighted by Crippen LogP contribution is -2.45. The molecule has 1 saturated heterocycles. The maximum Gasteiger partial charge on any atom is 0.243 e. The van der Waals surface area contributed by atoms with E-state index in [0.29, 0.717) is 50.0 Å². The van der Waals surface area contributed by atoms with E-state index in [1.807, 2.05) is 11.9 Å². The Balaban J connectivity index is 1.52. The van der Waals surface area contributed by atoms with E-state index in [1.165, 1.54) is 62.8 Å². The van der Waals surface area contributed by atoms with Crippen LogP contribution in [0.5, 0.6) is 11.5 Å². The molecule has 1 aromatic carbocycles. The van der Waals surface area contributed by atoms with Crippen LogP contribution in [-0.4, -0.2) is 89.0 Å². The second-order valence-electron chi connectivity index (χ2n) is 9.23. The fourth-order valence-corrected chi connectivity index (χ4v) is 6.39. The summed E-state index contributed by atoms with van der Waals surface area (Å²) in [5.41, 5.74) is 0. The van der Waals surface area contributed by atoms with Gasteiger partial charge in [0.2, 0.25) is 15.9 Å². The van der Waals surface area contributed by atoms with Crippen LogP contribution in [0.3, 0.4) is 0 Å². The number of nitrogens with zero attached hydrogens (tertiary/aromatic N) is 3. The van der Waals surface area contributed by atoms with Crippen molar-refractivity contribution in [2.45, 2.75) is 55.9 Å². The number of amides is 1. The molecule has 33 heavy (non-hydrogen) atoms. The van der Waals surface area contributed by atoms with Crippen molar-refractivity contribution in [3.8, 4) is 11.5 Å². The molecule has 1 saturated carbocycles. The Hall–Kier alpha value is -1.84. The number of hydrogen-bond donors (Lipinski definition) is 0. The van der Waals surface area contributed by atoms with Crippen molar-refractivity contribution in [3.63, 3.8) is 0 Å². The number of carbonyl (C=O) groups is 1. The molecule has 0 radical (unpaired) electrons. The molecule has 1 aliphatic heterocycles. The highest BCUT2D eigenvalue weighted by Gasteiger charge is 2.33. The van der Waals surface area contributed by atoms with E-state index in [9.17, 15) is 13.2 Å². The van der Waals surface area contributed by atoms with Gasteiger partial charge in [0.25, 0.3) is 0 Å². The standard InChI is InChI=1S/C24H39N3O5S/c1-25(20-8-6-5-7-9-20)16-17-26(2)24(28)19-12-14-27(15-13-19)33(29,30)21-10-11-22(31-3)23(18-21)32-4/h10-11,18-20H,5-9,12-17H2,1-4H3. The summed E-state index contributed by atoms with van der Waals surface area (Å²) in [4.78, 5) is 17.4. The van der Waals surface area contributed by atoms with Gasteiger partial charge in [-0.25, -0.2) is 8.42 Å². The molecule has 1 heterocycles. The van der Waals surface area contributed by atoms with Gasteiger partial charge in [0.05, 0.1) is 19.1 Å². The molecule has 0 aromatic heterocycles. The summed E-state index contributed by atoms with van der Waals surface area (Å²) in [5, 5.41) is 0. The summed E-state index contributed by atoms with van der Waals surface area (Å²) < 4.78 is 38.2. The smallest absolute Gasteiger partial charge is 0.243 e. The predicted molar refractivity (Wildman–Crippen MR) is 128 cm³/mol. The summed E-state index contributed by atoms with van der Waals surface area (Å²) in [6.45, 7) is 2.25. The Morgan fingerprint density at radius 3 is 2.21 bits per heavy atom. The van der Waals surface area contributed by atoms with Gasteiger partial charge in [-0.2, -0.15) is 4.31 Å². The Bertz CT molecular complexity index is 893.